The molecular weight excluding hydrogens is 241 g/mol. The van der Waals surface area contributed by atoms with E-state index in [2.05, 4.69) is 5.10 Å². The highest BCUT2D eigenvalue weighted by Crippen LogP contribution is 2.26. The van der Waals surface area contributed by atoms with Gasteiger partial charge in [0.2, 0.25) is 0 Å². The van der Waals surface area contributed by atoms with Crippen LogP contribution in [0.1, 0.15) is 17.7 Å². The molecule has 0 bridgehead atoms. The number of aryl methyl sites for hydroxylation is 2. The lowest BCUT2D eigenvalue weighted by molar-refractivity contribution is -0.139. The molecule has 0 saturated heterocycles. The molecule has 0 saturated carbocycles. The van der Waals surface area contributed by atoms with Gasteiger partial charge < -0.3 is 5.11 Å². The van der Waals surface area contributed by atoms with Gasteiger partial charge in [0.15, 0.2) is 0 Å². The number of carbonyl (C=O) groups is 1. The summed E-state index contributed by atoms with van der Waals surface area (Å²) in [5.41, 5.74) is -2.66. The van der Waals surface area contributed by atoms with Crippen molar-refractivity contribution in [2.24, 2.45) is 0 Å². The Hall–Kier alpha value is -1.86. The van der Waals surface area contributed by atoms with Gasteiger partial charge in [0.1, 0.15) is 5.56 Å². The lowest BCUT2D eigenvalue weighted by Crippen LogP contribution is -2.31. The van der Waals surface area contributed by atoms with Crippen LogP contribution in [0.4, 0.5) is 13.2 Å². The monoisotopic (exact) mass is 250 g/mol. The summed E-state index contributed by atoms with van der Waals surface area (Å²) in [5, 5.41) is 12.0. The molecule has 1 aromatic rings. The quantitative estimate of drug-likeness (QED) is 0.870. The highest BCUT2D eigenvalue weighted by molar-refractivity contribution is 5.66. The fourth-order valence-electron chi connectivity index (χ4n) is 1.23. The van der Waals surface area contributed by atoms with E-state index in [1.807, 2.05) is 0 Å². The molecule has 0 aliphatic heterocycles. The number of hydrogen-bond donors (Lipinski definition) is 1. The number of alkyl halides is 3. The molecule has 17 heavy (non-hydrogen) atoms. The number of halogens is 3. The molecule has 8 heteroatoms. The summed E-state index contributed by atoms with van der Waals surface area (Å²) in [6, 6.07) is 0.638. The maximum absolute atomic E-state index is 12.5. The van der Waals surface area contributed by atoms with Crippen LogP contribution in [0.2, 0.25) is 0 Å². The third-order valence-corrected chi connectivity index (χ3v) is 1.94. The summed E-state index contributed by atoms with van der Waals surface area (Å²) in [4.78, 5) is 21.7. The standard InChI is InChI=1S/C9H9F3N2O3/c1-5-4-6(9(10,11)12)8(17)14(13-5)3-2-7(15)16/h4H,2-3H2,1H3,(H,15,16). The highest BCUT2D eigenvalue weighted by atomic mass is 19.4. The van der Waals surface area contributed by atoms with E-state index < -0.39 is 29.7 Å². The van der Waals surface area contributed by atoms with Crippen molar-refractivity contribution in [1.82, 2.24) is 9.78 Å². The zero-order valence-electron chi connectivity index (χ0n) is 8.78. The van der Waals surface area contributed by atoms with Crippen molar-refractivity contribution in [2.45, 2.75) is 26.1 Å². The molecule has 0 aromatic carbocycles. The Balaban J connectivity index is 3.20. The molecule has 1 N–H and O–H groups in total. The average Bonchev–Trinajstić information content (AvgIpc) is 2.17. The lowest BCUT2D eigenvalue weighted by Gasteiger charge is -2.10. The van der Waals surface area contributed by atoms with Crippen molar-refractivity contribution in [2.75, 3.05) is 0 Å². The van der Waals surface area contributed by atoms with Crippen LogP contribution < -0.4 is 5.56 Å². The summed E-state index contributed by atoms with van der Waals surface area (Å²) in [5.74, 6) is -1.21. The van der Waals surface area contributed by atoms with Crippen LogP contribution in [0.15, 0.2) is 10.9 Å². The molecule has 94 valence electrons. The molecule has 0 atom stereocenters. The van der Waals surface area contributed by atoms with E-state index in [1.165, 1.54) is 6.92 Å². The van der Waals surface area contributed by atoms with E-state index in [4.69, 9.17) is 5.11 Å². The van der Waals surface area contributed by atoms with Crippen LogP contribution in [-0.4, -0.2) is 20.9 Å². The maximum Gasteiger partial charge on any atom is 0.421 e. The molecule has 0 amide bonds. The second kappa shape index (κ2) is 4.56. The Kier molecular flexibility index (Phi) is 3.54. The van der Waals surface area contributed by atoms with E-state index in [-0.39, 0.29) is 12.2 Å². The van der Waals surface area contributed by atoms with Gasteiger partial charge in [0.25, 0.3) is 5.56 Å². The number of carboxylic acids is 1. The summed E-state index contributed by atoms with van der Waals surface area (Å²) in [6.45, 7) is 0.908. The molecule has 1 heterocycles. The van der Waals surface area contributed by atoms with Crippen molar-refractivity contribution in [1.29, 1.82) is 0 Å². The molecule has 0 aliphatic rings. The van der Waals surface area contributed by atoms with Crippen LogP contribution in [0.5, 0.6) is 0 Å². The number of aromatic nitrogens is 2. The SMILES string of the molecule is Cc1cc(C(F)(F)F)c(=O)n(CCC(=O)O)n1. The Morgan fingerprint density at radius 2 is 2.12 bits per heavy atom. The fraction of sp³-hybridized carbons (Fsp3) is 0.444. The zero-order chi connectivity index (χ0) is 13.2. The van der Waals surface area contributed by atoms with Crippen LogP contribution in [0, 0.1) is 6.92 Å². The molecule has 0 aliphatic carbocycles. The van der Waals surface area contributed by atoms with E-state index in [0.717, 1.165) is 0 Å². The normalized spacial score (nSPS) is 11.5. The molecule has 5 nitrogen and oxygen atoms in total. The van der Waals surface area contributed by atoms with Gasteiger partial charge >= 0.3 is 12.1 Å². The molecule has 0 radical (unpaired) electrons. The minimum atomic E-state index is -4.77. The van der Waals surface area contributed by atoms with Crippen molar-refractivity contribution in [3.05, 3.63) is 27.7 Å². The largest absolute Gasteiger partial charge is 0.481 e. The molecule has 0 unspecified atom stereocenters. The smallest absolute Gasteiger partial charge is 0.421 e. The predicted octanol–water partition coefficient (Wildman–Crippen LogP) is 1.05. The van der Waals surface area contributed by atoms with Gasteiger partial charge in [0.05, 0.1) is 18.7 Å². The minimum absolute atomic E-state index is 0.00214. The number of hydrogen-bond acceptors (Lipinski definition) is 3. The van der Waals surface area contributed by atoms with Crippen molar-refractivity contribution < 1.29 is 23.1 Å². The van der Waals surface area contributed by atoms with Gasteiger partial charge in [-0.2, -0.15) is 18.3 Å². The average molecular weight is 250 g/mol. The van der Waals surface area contributed by atoms with Gasteiger partial charge in [0, 0.05) is 0 Å². The summed E-state index contributed by atoms with van der Waals surface area (Å²) < 4.78 is 37.9. The first kappa shape index (κ1) is 13.2. The minimum Gasteiger partial charge on any atom is -0.481 e. The third kappa shape index (κ3) is 3.30. The van der Waals surface area contributed by atoms with Gasteiger partial charge in [-0.3, -0.25) is 9.59 Å². The molecule has 0 spiro atoms. The lowest BCUT2D eigenvalue weighted by atomic mass is 10.2. The number of aliphatic carboxylic acids is 1. The van der Waals surface area contributed by atoms with E-state index in [0.29, 0.717) is 10.7 Å². The Bertz CT molecular complexity index is 493. The summed E-state index contributed by atoms with van der Waals surface area (Å²) in [6.07, 6.45) is -5.23. The van der Waals surface area contributed by atoms with Gasteiger partial charge in [-0.05, 0) is 13.0 Å². The maximum atomic E-state index is 12.5. The predicted molar refractivity (Wildman–Crippen MR) is 50.5 cm³/mol. The first-order valence-corrected chi connectivity index (χ1v) is 4.59. The Morgan fingerprint density at radius 1 is 1.53 bits per heavy atom. The highest BCUT2D eigenvalue weighted by Gasteiger charge is 2.35. The number of rotatable bonds is 3. The Labute approximate surface area is 93.5 Å². The Morgan fingerprint density at radius 3 is 2.59 bits per heavy atom. The summed E-state index contributed by atoms with van der Waals surface area (Å²) in [7, 11) is 0. The van der Waals surface area contributed by atoms with Crippen molar-refractivity contribution in [3.63, 3.8) is 0 Å². The van der Waals surface area contributed by atoms with Gasteiger partial charge in [-0.1, -0.05) is 0 Å². The van der Waals surface area contributed by atoms with E-state index in [9.17, 15) is 22.8 Å². The number of carboxylic acid groups (broad SMARTS) is 1. The second-order valence-electron chi connectivity index (χ2n) is 3.37. The molecule has 1 rings (SSSR count). The molecular formula is C9H9F3N2O3. The van der Waals surface area contributed by atoms with Crippen LogP contribution in [0.25, 0.3) is 0 Å². The third-order valence-electron chi connectivity index (χ3n) is 1.94. The van der Waals surface area contributed by atoms with Crippen molar-refractivity contribution in [3.8, 4) is 0 Å². The number of nitrogens with zero attached hydrogens (tertiary/aromatic N) is 2. The van der Waals surface area contributed by atoms with Gasteiger partial charge in [-0.15, -0.1) is 0 Å². The summed E-state index contributed by atoms with van der Waals surface area (Å²) >= 11 is 0. The van der Waals surface area contributed by atoms with E-state index in [1.54, 1.807) is 0 Å². The van der Waals surface area contributed by atoms with Crippen LogP contribution in [0.3, 0.4) is 0 Å². The van der Waals surface area contributed by atoms with E-state index >= 15 is 0 Å². The fourth-order valence-corrected chi connectivity index (χ4v) is 1.23. The van der Waals surface area contributed by atoms with Crippen LogP contribution in [-0.2, 0) is 17.5 Å². The van der Waals surface area contributed by atoms with Crippen molar-refractivity contribution >= 4 is 5.97 Å². The first-order valence-electron chi connectivity index (χ1n) is 4.59. The van der Waals surface area contributed by atoms with Gasteiger partial charge in [-0.25, -0.2) is 4.68 Å². The molecule has 1 aromatic heterocycles. The van der Waals surface area contributed by atoms with Crippen LogP contribution >= 0.6 is 0 Å². The zero-order valence-corrected chi connectivity index (χ0v) is 8.78. The molecule has 0 fully saturated rings. The first-order chi connectivity index (χ1) is 7.71. The second-order valence-corrected chi connectivity index (χ2v) is 3.37. The topological polar surface area (TPSA) is 72.2 Å².